The summed E-state index contributed by atoms with van der Waals surface area (Å²) in [6, 6.07) is 0. The average Bonchev–Trinajstić information content (AvgIpc) is 2.13. The Bertz CT molecular complexity index is 221. The number of hydrogen-bond acceptors (Lipinski definition) is 5. The van der Waals surface area contributed by atoms with E-state index in [1.54, 1.807) is 0 Å². The molecule has 72 valence electrons. The summed E-state index contributed by atoms with van der Waals surface area (Å²) in [6.45, 7) is 4.58. The van der Waals surface area contributed by atoms with Gasteiger partial charge < -0.3 is 9.47 Å². The van der Waals surface area contributed by atoms with Gasteiger partial charge in [0.05, 0.1) is 0 Å². The molecule has 0 aliphatic carbocycles. The minimum atomic E-state index is -0.984. The van der Waals surface area contributed by atoms with Crippen LogP contribution in [0.15, 0.2) is 12.7 Å². The molecule has 0 heterocycles. The van der Waals surface area contributed by atoms with Gasteiger partial charge in [-0.2, -0.15) is 0 Å². The molecule has 0 saturated carbocycles. The van der Waals surface area contributed by atoms with Crippen LogP contribution in [0.1, 0.15) is 6.92 Å². The predicted molar refractivity (Wildman–Crippen MR) is 42.8 cm³/mol. The highest BCUT2D eigenvalue weighted by Crippen LogP contribution is 1.92. The third kappa shape index (κ3) is 5.60. The van der Waals surface area contributed by atoms with E-state index in [9.17, 15) is 14.4 Å². The van der Waals surface area contributed by atoms with Crippen molar-refractivity contribution in [2.45, 2.75) is 13.0 Å². The Morgan fingerprint density at radius 2 is 2.08 bits per heavy atom. The van der Waals surface area contributed by atoms with Crippen molar-refractivity contribution in [2.75, 3.05) is 6.61 Å². The van der Waals surface area contributed by atoms with Crippen molar-refractivity contribution in [2.24, 2.45) is 0 Å². The zero-order valence-corrected chi connectivity index (χ0v) is 7.19. The Morgan fingerprint density at radius 1 is 1.46 bits per heavy atom. The Morgan fingerprint density at radius 3 is 2.54 bits per heavy atom. The molecule has 0 aliphatic rings. The largest absolute Gasteiger partial charge is 0.459 e. The molecule has 0 fully saturated rings. The average molecular weight is 186 g/mol. The molecule has 0 aliphatic heterocycles. The summed E-state index contributed by atoms with van der Waals surface area (Å²) in [5, 5.41) is 0. The summed E-state index contributed by atoms with van der Waals surface area (Å²) >= 11 is 0. The first-order valence-corrected chi connectivity index (χ1v) is 3.55. The number of hydrogen-bond donors (Lipinski definition) is 0. The van der Waals surface area contributed by atoms with Gasteiger partial charge in [-0.05, 0) is 6.92 Å². The van der Waals surface area contributed by atoms with E-state index in [0.29, 0.717) is 0 Å². The predicted octanol–water partition coefficient (Wildman–Crippen LogP) is -0.154. The maximum absolute atomic E-state index is 10.5. The van der Waals surface area contributed by atoms with Crippen molar-refractivity contribution >= 4 is 18.2 Å². The van der Waals surface area contributed by atoms with Gasteiger partial charge in [-0.15, -0.1) is 0 Å². The van der Waals surface area contributed by atoms with Crippen molar-refractivity contribution in [1.29, 1.82) is 0 Å². The molecule has 0 amide bonds. The lowest BCUT2D eigenvalue weighted by Crippen LogP contribution is -2.22. The lowest BCUT2D eigenvalue weighted by molar-refractivity contribution is -0.157. The Hall–Kier alpha value is -1.65. The fourth-order valence-electron chi connectivity index (χ4n) is 0.518. The summed E-state index contributed by atoms with van der Waals surface area (Å²) in [6.07, 6.45) is 0.404. The van der Waals surface area contributed by atoms with Crippen LogP contribution in [0.25, 0.3) is 0 Å². The Labute approximate surface area is 75.3 Å². The van der Waals surface area contributed by atoms with Gasteiger partial charge in [0.25, 0.3) is 0 Å². The molecule has 0 radical (unpaired) electrons. The zero-order valence-electron chi connectivity index (χ0n) is 7.19. The van der Waals surface area contributed by atoms with Crippen LogP contribution in [0.3, 0.4) is 0 Å². The zero-order chi connectivity index (χ0) is 10.3. The van der Waals surface area contributed by atoms with E-state index in [4.69, 9.17) is 0 Å². The van der Waals surface area contributed by atoms with Crippen LogP contribution in [0, 0.1) is 0 Å². The first kappa shape index (κ1) is 11.4. The summed E-state index contributed by atoms with van der Waals surface area (Å²) < 4.78 is 9.02. The van der Waals surface area contributed by atoms with E-state index in [0.717, 1.165) is 6.08 Å². The maximum Gasteiger partial charge on any atom is 0.371 e. The van der Waals surface area contributed by atoms with Gasteiger partial charge in [0, 0.05) is 6.08 Å². The number of rotatable bonds is 5. The van der Waals surface area contributed by atoms with Crippen LogP contribution >= 0.6 is 0 Å². The minimum absolute atomic E-state index is 0.0474. The molecular weight excluding hydrogens is 176 g/mol. The van der Waals surface area contributed by atoms with Gasteiger partial charge in [-0.1, -0.05) is 6.58 Å². The van der Waals surface area contributed by atoms with Gasteiger partial charge in [0.1, 0.15) is 12.7 Å². The number of ether oxygens (including phenoxy) is 2. The molecule has 0 N–H and O–H groups in total. The summed E-state index contributed by atoms with van der Waals surface area (Å²) in [7, 11) is 0. The molecule has 0 aromatic rings. The monoisotopic (exact) mass is 186 g/mol. The minimum Gasteiger partial charge on any atom is -0.459 e. The van der Waals surface area contributed by atoms with Crippen LogP contribution in [0.2, 0.25) is 0 Å². The molecule has 0 rings (SSSR count). The Balaban J connectivity index is 3.68. The van der Waals surface area contributed by atoms with Gasteiger partial charge in [0.2, 0.25) is 6.29 Å². The number of esters is 2. The van der Waals surface area contributed by atoms with Crippen LogP contribution in [0.4, 0.5) is 0 Å². The van der Waals surface area contributed by atoms with Gasteiger partial charge in [0.15, 0.2) is 0 Å². The highest BCUT2D eigenvalue weighted by molar-refractivity contribution is 6.20. The molecule has 0 aromatic heterocycles. The second-order valence-corrected chi connectivity index (χ2v) is 2.20. The summed E-state index contributed by atoms with van der Waals surface area (Å²) in [5.41, 5.74) is 0. The summed E-state index contributed by atoms with van der Waals surface area (Å²) in [4.78, 5) is 30.7. The van der Waals surface area contributed by atoms with Crippen molar-refractivity contribution in [3.63, 3.8) is 0 Å². The third-order valence-electron chi connectivity index (χ3n) is 1.04. The van der Waals surface area contributed by atoms with E-state index < -0.39 is 18.0 Å². The lowest BCUT2D eigenvalue weighted by Gasteiger charge is -2.10. The molecule has 0 bridgehead atoms. The van der Waals surface area contributed by atoms with Gasteiger partial charge in [-0.3, -0.25) is 4.79 Å². The second-order valence-electron chi connectivity index (χ2n) is 2.20. The van der Waals surface area contributed by atoms with E-state index in [1.165, 1.54) is 6.92 Å². The summed E-state index contributed by atoms with van der Waals surface area (Å²) in [5.74, 6) is -1.59. The smallest absolute Gasteiger partial charge is 0.371 e. The molecule has 0 aromatic carbocycles. The fraction of sp³-hybridized carbons (Fsp3) is 0.375. The Kier molecular flexibility index (Phi) is 5.18. The van der Waals surface area contributed by atoms with Crippen LogP contribution in [-0.4, -0.2) is 30.9 Å². The lowest BCUT2D eigenvalue weighted by atomic mass is 10.4. The van der Waals surface area contributed by atoms with Crippen LogP contribution < -0.4 is 0 Å². The maximum atomic E-state index is 10.5. The molecular formula is C8H10O5. The van der Waals surface area contributed by atoms with Crippen molar-refractivity contribution in [3.05, 3.63) is 12.7 Å². The number of carbonyl (C=O) groups is 3. The molecule has 5 nitrogen and oxygen atoms in total. The van der Waals surface area contributed by atoms with Crippen LogP contribution in [-0.2, 0) is 23.9 Å². The number of aldehydes is 1. The normalized spacial score (nSPS) is 11.2. The molecule has 1 atom stereocenters. The van der Waals surface area contributed by atoms with E-state index in [2.05, 4.69) is 16.1 Å². The fourth-order valence-corrected chi connectivity index (χ4v) is 0.518. The molecule has 5 heteroatoms. The van der Waals surface area contributed by atoms with Crippen molar-refractivity contribution < 1.29 is 23.9 Å². The molecule has 1 unspecified atom stereocenters. The number of carbonyl (C=O) groups excluding carboxylic acids is 3. The second kappa shape index (κ2) is 5.93. The topological polar surface area (TPSA) is 69.7 Å². The SMILES string of the molecule is C=CC(=O)OCC(C)OC(=O)C=O. The first-order valence-electron chi connectivity index (χ1n) is 3.55. The van der Waals surface area contributed by atoms with E-state index >= 15 is 0 Å². The van der Waals surface area contributed by atoms with Crippen molar-refractivity contribution in [1.82, 2.24) is 0 Å². The van der Waals surface area contributed by atoms with Gasteiger partial charge >= 0.3 is 11.9 Å². The van der Waals surface area contributed by atoms with Crippen LogP contribution in [0.5, 0.6) is 0 Å². The highest BCUT2D eigenvalue weighted by atomic mass is 16.6. The standard InChI is InChI=1S/C8H10O5/c1-3-7(10)12-5-6(2)13-8(11)4-9/h3-4,6H,1,5H2,2H3. The molecule has 0 saturated heterocycles. The quantitative estimate of drug-likeness (QED) is 0.258. The van der Waals surface area contributed by atoms with Crippen molar-refractivity contribution in [3.8, 4) is 0 Å². The van der Waals surface area contributed by atoms with E-state index in [1.807, 2.05) is 0 Å². The molecule has 0 spiro atoms. The molecule has 13 heavy (non-hydrogen) atoms. The first-order chi connectivity index (χ1) is 6.10. The van der Waals surface area contributed by atoms with Gasteiger partial charge in [-0.25, -0.2) is 9.59 Å². The third-order valence-corrected chi connectivity index (χ3v) is 1.04. The highest BCUT2D eigenvalue weighted by Gasteiger charge is 2.09. The van der Waals surface area contributed by atoms with E-state index in [-0.39, 0.29) is 12.9 Å².